The van der Waals surface area contributed by atoms with Crippen molar-refractivity contribution in [3.8, 4) is 0 Å². The third kappa shape index (κ3) is 3.98. The van der Waals surface area contributed by atoms with Gasteiger partial charge in [0.05, 0.1) is 11.9 Å². The fourth-order valence-corrected chi connectivity index (χ4v) is 1.82. The number of amides is 1. The highest BCUT2D eigenvalue weighted by molar-refractivity contribution is 5.96. The van der Waals surface area contributed by atoms with Crippen molar-refractivity contribution in [2.75, 3.05) is 12.3 Å². The van der Waals surface area contributed by atoms with Crippen LogP contribution in [0.2, 0.25) is 0 Å². The Morgan fingerprint density at radius 2 is 2.05 bits per heavy atom. The second kappa shape index (κ2) is 6.78. The van der Waals surface area contributed by atoms with Gasteiger partial charge in [-0.25, -0.2) is 9.97 Å². The number of anilines is 1. The number of nitrogens with one attached hydrogen (secondary N) is 1. The number of hydrogen-bond donors (Lipinski definition) is 2. The summed E-state index contributed by atoms with van der Waals surface area (Å²) in [6.45, 7) is 4.45. The van der Waals surface area contributed by atoms with E-state index in [2.05, 4.69) is 20.3 Å². The Morgan fingerprint density at radius 3 is 2.71 bits per heavy atom. The molecule has 2 aromatic heterocycles. The molecule has 0 atom stereocenters. The van der Waals surface area contributed by atoms with Crippen molar-refractivity contribution in [3.05, 3.63) is 47.8 Å². The highest BCUT2D eigenvalue weighted by atomic mass is 16.1. The molecular weight excluding hydrogens is 266 g/mol. The Kier molecular flexibility index (Phi) is 4.81. The van der Waals surface area contributed by atoms with Crippen LogP contribution < -0.4 is 11.1 Å². The molecule has 0 unspecified atom stereocenters. The lowest BCUT2D eigenvalue weighted by molar-refractivity contribution is 0.0949. The molecule has 3 N–H and O–H groups in total. The molecule has 21 heavy (non-hydrogen) atoms. The summed E-state index contributed by atoms with van der Waals surface area (Å²) in [6.07, 6.45) is 5.68. The van der Waals surface area contributed by atoms with E-state index in [1.807, 2.05) is 26.0 Å². The number of aromatic nitrogens is 3. The molecule has 0 fully saturated rings. The van der Waals surface area contributed by atoms with E-state index in [0.29, 0.717) is 18.1 Å². The minimum Gasteiger partial charge on any atom is -0.396 e. The van der Waals surface area contributed by atoms with Gasteiger partial charge in [-0.1, -0.05) is 13.8 Å². The minimum absolute atomic E-state index is 0.147. The summed E-state index contributed by atoms with van der Waals surface area (Å²) in [5.74, 6) is 0.489. The van der Waals surface area contributed by atoms with Gasteiger partial charge in [-0.3, -0.25) is 9.78 Å². The van der Waals surface area contributed by atoms with Gasteiger partial charge in [0, 0.05) is 24.9 Å². The lowest BCUT2D eigenvalue weighted by atomic mass is 10.2. The summed E-state index contributed by atoms with van der Waals surface area (Å²) in [4.78, 5) is 24.5. The molecule has 0 radical (unpaired) electrons. The van der Waals surface area contributed by atoms with Crippen molar-refractivity contribution in [2.45, 2.75) is 26.2 Å². The van der Waals surface area contributed by atoms with Crippen LogP contribution in [0.25, 0.3) is 0 Å². The molecule has 0 aliphatic heterocycles. The first-order valence-electron chi connectivity index (χ1n) is 6.87. The smallest absolute Gasteiger partial charge is 0.272 e. The predicted octanol–water partition coefficient (Wildman–Crippen LogP) is 1.55. The molecule has 110 valence electrons. The highest BCUT2D eigenvalue weighted by Crippen LogP contribution is 2.13. The van der Waals surface area contributed by atoms with Gasteiger partial charge in [0.2, 0.25) is 0 Å². The van der Waals surface area contributed by atoms with Crippen molar-refractivity contribution >= 4 is 11.6 Å². The van der Waals surface area contributed by atoms with Crippen LogP contribution >= 0.6 is 0 Å². The van der Waals surface area contributed by atoms with Gasteiger partial charge in [-0.15, -0.1) is 0 Å². The average Bonchev–Trinajstić information content (AvgIpc) is 2.48. The molecule has 2 aromatic rings. The largest absolute Gasteiger partial charge is 0.396 e. The van der Waals surface area contributed by atoms with Crippen LogP contribution in [0.3, 0.4) is 0 Å². The minimum atomic E-state index is -0.272. The number of carbonyl (C=O) groups excluding carboxylic acids is 1. The number of nitrogens with two attached hydrogens (primary N) is 1. The maximum atomic E-state index is 12.1. The quantitative estimate of drug-likeness (QED) is 0.869. The zero-order valence-corrected chi connectivity index (χ0v) is 12.2. The monoisotopic (exact) mass is 285 g/mol. The standard InChI is InChI=1S/C15H19N5O/c1-10(2)14-19-9-12(16)13(20-14)15(21)18-8-5-11-3-6-17-7-4-11/h3-4,6-7,9-10H,5,8,16H2,1-2H3,(H,18,21). The van der Waals surface area contributed by atoms with Crippen LogP contribution in [-0.2, 0) is 6.42 Å². The van der Waals surface area contributed by atoms with E-state index in [0.717, 1.165) is 12.0 Å². The molecular formula is C15H19N5O. The van der Waals surface area contributed by atoms with Crippen molar-refractivity contribution in [1.29, 1.82) is 0 Å². The topological polar surface area (TPSA) is 93.8 Å². The SMILES string of the molecule is CC(C)c1ncc(N)c(C(=O)NCCc2ccncc2)n1. The molecule has 0 saturated carbocycles. The van der Waals surface area contributed by atoms with Crippen molar-refractivity contribution in [2.24, 2.45) is 0 Å². The first kappa shape index (κ1) is 14.9. The van der Waals surface area contributed by atoms with E-state index in [9.17, 15) is 4.79 Å². The van der Waals surface area contributed by atoms with E-state index >= 15 is 0 Å². The fraction of sp³-hybridized carbons (Fsp3) is 0.333. The van der Waals surface area contributed by atoms with E-state index in [1.165, 1.54) is 6.20 Å². The first-order chi connectivity index (χ1) is 10.1. The molecule has 0 bridgehead atoms. The predicted molar refractivity (Wildman–Crippen MR) is 80.8 cm³/mol. The maximum Gasteiger partial charge on any atom is 0.272 e. The van der Waals surface area contributed by atoms with Crippen LogP contribution in [0, 0.1) is 0 Å². The maximum absolute atomic E-state index is 12.1. The Labute approximate surface area is 123 Å². The average molecular weight is 285 g/mol. The van der Waals surface area contributed by atoms with E-state index in [1.54, 1.807) is 12.4 Å². The molecule has 1 amide bonds. The summed E-state index contributed by atoms with van der Waals surface area (Å²) >= 11 is 0. The summed E-state index contributed by atoms with van der Waals surface area (Å²) in [5, 5.41) is 2.82. The van der Waals surface area contributed by atoms with Crippen LogP contribution in [0.15, 0.2) is 30.7 Å². The number of rotatable bonds is 5. The van der Waals surface area contributed by atoms with Gasteiger partial charge in [0.25, 0.3) is 5.91 Å². The van der Waals surface area contributed by atoms with Crippen LogP contribution in [0.5, 0.6) is 0 Å². The van der Waals surface area contributed by atoms with Crippen molar-refractivity contribution < 1.29 is 4.79 Å². The molecule has 0 aliphatic carbocycles. The lowest BCUT2D eigenvalue weighted by Gasteiger charge is -2.09. The Balaban J connectivity index is 1.98. The molecule has 2 rings (SSSR count). The van der Waals surface area contributed by atoms with Crippen LogP contribution in [0.1, 0.15) is 41.6 Å². The van der Waals surface area contributed by atoms with E-state index < -0.39 is 0 Å². The van der Waals surface area contributed by atoms with Gasteiger partial charge in [-0.2, -0.15) is 0 Å². The van der Waals surface area contributed by atoms with Crippen molar-refractivity contribution in [3.63, 3.8) is 0 Å². The van der Waals surface area contributed by atoms with Crippen LogP contribution in [-0.4, -0.2) is 27.4 Å². The molecule has 0 saturated heterocycles. The van der Waals surface area contributed by atoms with Crippen LogP contribution in [0.4, 0.5) is 5.69 Å². The fourth-order valence-electron chi connectivity index (χ4n) is 1.82. The van der Waals surface area contributed by atoms with Gasteiger partial charge < -0.3 is 11.1 Å². The number of hydrogen-bond acceptors (Lipinski definition) is 5. The van der Waals surface area contributed by atoms with Gasteiger partial charge in [-0.05, 0) is 24.1 Å². The lowest BCUT2D eigenvalue weighted by Crippen LogP contribution is -2.28. The molecule has 2 heterocycles. The second-order valence-corrected chi connectivity index (χ2v) is 5.05. The molecule has 6 heteroatoms. The van der Waals surface area contributed by atoms with Gasteiger partial charge >= 0.3 is 0 Å². The number of pyridine rings is 1. The van der Waals surface area contributed by atoms with E-state index in [4.69, 9.17) is 5.73 Å². The molecule has 0 aliphatic rings. The van der Waals surface area contributed by atoms with Crippen molar-refractivity contribution in [1.82, 2.24) is 20.3 Å². The normalized spacial score (nSPS) is 10.6. The van der Waals surface area contributed by atoms with Gasteiger partial charge in [0.1, 0.15) is 5.82 Å². The zero-order chi connectivity index (χ0) is 15.2. The number of carbonyl (C=O) groups is 1. The second-order valence-electron chi connectivity index (χ2n) is 5.05. The zero-order valence-electron chi connectivity index (χ0n) is 12.2. The van der Waals surface area contributed by atoms with Gasteiger partial charge in [0.15, 0.2) is 5.69 Å². The number of nitrogens with zero attached hydrogens (tertiary/aromatic N) is 3. The summed E-state index contributed by atoms with van der Waals surface area (Å²) in [6, 6.07) is 3.84. The molecule has 0 aromatic carbocycles. The number of nitrogen functional groups attached to an aromatic ring is 1. The third-order valence-corrected chi connectivity index (χ3v) is 3.02. The summed E-state index contributed by atoms with van der Waals surface area (Å²) in [7, 11) is 0. The Hall–Kier alpha value is -2.50. The highest BCUT2D eigenvalue weighted by Gasteiger charge is 2.14. The summed E-state index contributed by atoms with van der Waals surface area (Å²) < 4.78 is 0. The Morgan fingerprint density at radius 1 is 1.33 bits per heavy atom. The third-order valence-electron chi connectivity index (χ3n) is 3.02. The first-order valence-corrected chi connectivity index (χ1v) is 6.87. The molecule has 0 spiro atoms. The Bertz CT molecular complexity index is 613. The summed E-state index contributed by atoms with van der Waals surface area (Å²) in [5.41, 5.74) is 7.43. The molecule has 6 nitrogen and oxygen atoms in total. The van der Waals surface area contributed by atoms with E-state index in [-0.39, 0.29) is 17.5 Å².